The van der Waals surface area contributed by atoms with Gasteiger partial charge in [-0.3, -0.25) is 9.69 Å². The Labute approximate surface area is 178 Å². The van der Waals surface area contributed by atoms with Gasteiger partial charge in [-0.15, -0.1) is 6.42 Å². The van der Waals surface area contributed by atoms with Gasteiger partial charge in [-0.1, -0.05) is 48.4 Å². The minimum Gasteiger partial charge on any atom is -0.336 e. The van der Waals surface area contributed by atoms with Crippen molar-refractivity contribution in [1.29, 1.82) is 0 Å². The van der Waals surface area contributed by atoms with E-state index in [9.17, 15) is 13.2 Å². The van der Waals surface area contributed by atoms with E-state index in [0.29, 0.717) is 18.7 Å². The lowest BCUT2D eigenvalue weighted by atomic mass is 10.2. The molecule has 30 heavy (non-hydrogen) atoms. The van der Waals surface area contributed by atoms with Crippen LogP contribution >= 0.6 is 0 Å². The van der Waals surface area contributed by atoms with Gasteiger partial charge in [0.1, 0.15) is 0 Å². The predicted octanol–water partition coefficient (Wildman–Crippen LogP) is 2.07. The Morgan fingerprint density at radius 2 is 1.70 bits per heavy atom. The first-order chi connectivity index (χ1) is 14.5. The maximum absolute atomic E-state index is 12.7. The fraction of sp³-hybridized carbons (Fsp3) is 0.261. The van der Waals surface area contributed by atoms with Gasteiger partial charge in [-0.05, 0) is 29.8 Å². The molecule has 0 saturated carbocycles. The lowest BCUT2D eigenvalue weighted by Crippen LogP contribution is -2.48. The molecule has 0 radical (unpaired) electrons. The number of hydrogen-bond acceptors (Lipinski definition) is 4. The van der Waals surface area contributed by atoms with Crippen molar-refractivity contribution in [3.05, 3.63) is 71.8 Å². The minimum atomic E-state index is -3.66. The van der Waals surface area contributed by atoms with Gasteiger partial charge in [-0.25, -0.2) is 8.42 Å². The SMILES string of the molecule is C#CCNS(=O)(=O)c1ccc(C(=O)N2CCN(C/C=C/c3ccccc3)CC2)cc1. The first-order valence-corrected chi connectivity index (χ1v) is 11.2. The van der Waals surface area contributed by atoms with Gasteiger partial charge < -0.3 is 4.90 Å². The van der Waals surface area contributed by atoms with Crippen LogP contribution in [0.4, 0.5) is 0 Å². The van der Waals surface area contributed by atoms with E-state index in [1.54, 1.807) is 17.0 Å². The third-order valence-corrected chi connectivity index (χ3v) is 6.33. The van der Waals surface area contributed by atoms with Crippen molar-refractivity contribution in [1.82, 2.24) is 14.5 Å². The molecule has 1 saturated heterocycles. The van der Waals surface area contributed by atoms with E-state index in [0.717, 1.165) is 19.6 Å². The highest BCUT2D eigenvalue weighted by molar-refractivity contribution is 7.89. The Hall–Kier alpha value is -2.92. The van der Waals surface area contributed by atoms with Crippen molar-refractivity contribution >= 4 is 22.0 Å². The summed E-state index contributed by atoms with van der Waals surface area (Å²) in [4.78, 5) is 16.9. The van der Waals surface area contributed by atoms with Crippen LogP contribution in [0.3, 0.4) is 0 Å². The van der Waals surface area contributed by atoms with E-state index in [1.807, 2.05) is 18.2 Å². The Bertz CT molecular complexity index is 1020. The molecule has 3 rings (SSSR count). The summed E-state index contributed by atoms with van der Waals surface area (Å²) in [6.07, 6.45) is 9.33. The average molecular weight is 424 g/mol. The third kappa shape index (κ3) is 5.80. The number of carbonyl (C=O) groups is 1. The highest BCUT2D eigenvalue weighted by atomic mass is 32.2. The molecule has 2 aromatic rings. The number of benzene rings is 2. The lowest BCUT2D eigenvalue weighted by molar-refractivity contribution is 0.0650. The molecular weight excluding hydrogens is 398 g/mol. The number of nitrogens with one attached hydrogen (secondary N) is 1. The van der Waals surface area contributed by atoms with Gasteiger partial charge in [0.15, 0.2) is 0 Å². The molecule has 1 aliphatic heterocycles. The van der Waals surface area contributed by atoms with Crippen LogP contribution in [-0.4, -0.2) is 63.4 Å². The Morgan fingerprint density at radius 1 is 1.03 bits per heavy atom. The van der Waals surface area contributed by atoms with Crippen molar-refractivity contribution in [2.75, 3.05) is 39.3 Å². The Balaban J connectivity index is 1.51. The zero-order valence-corrected chi connectivity index (χ0v) is 17.5. The zero-order chi connectivity index (χ0) is 21.4. The topological polar surface area (TPSA) is 69.7 Å². The quantitative estimate of drug-likeness (QED) is 0.693. The van der Waals surface area contributed by atoms with Gasteiger partial charge in [-0.2, -0.15) is 4.72 Å². The van der Waals surface area contributed by atoms with Gasteiger partial charge in [0, 0.05) is 38.3 Å². The van der Waals surface area contributed by atoms with Crippen LogP contribution in [-0.2, 0) is 10.0 Å². The first-order valence-electron chi connectivity index (χ1n) is 9.76. The number of terminal acetylenes is 1. The van der Waals surface area contributed by atoms with Crippen molar-refractivity contribution in [2.45, 2.75) is 4.90 Å². The summed E-state index contributed by atoms with van der Waals surface area (Å²) < 4.78 is 26.4. The highest BCUT2D eigenvalue weighted by Gasteiger charge is 2.22. The summed E-state index contributed by atoms with van der Waals surface area (Å²) in [5.74, 6) is 2.14. The Morgan fingerprint density at radius 3 is 2.33 bits per heavy atom. The third-order valence-electron chi connectivity index (χ3n) is 4.91. The highest BCUT2D eigenvalue weighted by Crippen LogP contribution is 2.14. The second kappa shape index (κ2) is 10.2. The molecule has 1 fully saturated rings. The van der Waals surface area contributed by atoms with Crippen LogP contribution in [0.15, 0.2) is 65.6 Å². The van der Waals surface area contributed by atoms with Gasteiger partial charge in [0.2, 0.25) is 10.0 Å². The van der Waals surface area contributed by atoms with Crippen molar-refractivity contribution < 1.29 is 13.2 Å². The molecular formula is C23H25N3O3S. The lowest BCUT2D eigenvalue weighted by Gasteiger charge is -2.34. The summed E-state index contributed by atoms with van der Waals surface area (Å²) in [6.45, 7) is 3.65. The fourth-order valence-corrected chi connectivity index (χ4v) is 4.15. The summed E-state index contributed by atoms with van der Waals surface area (Å²) in [7, 11) is -3.66. The van der Waals surface area contributed by atoms with Crippen molar-refractivity contribution in [2.24, 2.45) is 0 Å². The minimum absolute atomic E-state index is 0.0756. The van der Waals surface area contributed by atoms with E-state index in [4.69, 9.17) is 6.42 Å². The van der Waals surface area contributed by atoms with Gasteiger partial charge in [0.05, 0.1) is 11.4 Å². The van der Waals surface area contributed by atoms with Crippen LogP contribution < -0.4 is 4.72 Å². The first kappa shape index (κ1) is 21.8. The zero-order valence-electron chi connectivity index (χ0n) is 16.7. The van der Waals surface area contributed by atoms with Crippen LogP contribution in [0.1, 0.15) is 15.9 Å². The molecule has 0 aliphatic carbocycles. The number of rotatable bonds is 7. The molecule has 0 atom stereocenters. The van der Waals surface area contributed by atoms with Crippen LogP contribution in [0.2, 0.25) is 0 Å². The van der Waals surface area contributed by atoms with E-state index in [-0.39, 0.29) is 17.3 Å². The molecule has 2 aromatic carbocycles. The van der Waals surface area contributed by atoms with E-state index in [1.165, 1.54) is 17.7 Å². The molecule has 1 amide bonds. The normalized spacial score (nSPS) is 15.2. The number of sulfonamides is 1. The Kier molecular flexibility index (Phi) is 7.41. The van der Waals surface area contributed by atoms with Gasteiger partial charge >= 0.3 is 0 Å². The maximum Gasteiger partial charge on any atom is 0.253 e. The molecule has 7 heteroatoms. The second-order valence-electron chi connectivity index (χ2n) is 6.96. The molecule has 156 valence electrons. The molecule has 0 aromatic heterocycles. The maximum atomic E-state index is 12.7. The average Bonchev–Trinajstić information content (AvgIpc) is 2.78. The molecule has 1 N–H and O–H groups in total. The smallest absolute Gasteiger partial charge is 0.253 e. The van der Waals surface area contributed by atoms with E-state index < -0.39 is 10.0 Å². The molecule has 0 spiro atoms. The van der Waals surface area contributed by atoms with Crippen LogP contribution in [0.25, 0.3) is 6.08 Å². The van der Waals surface area contributed by atoms with Crippen LogP contribution in [0, 0.1) is 12.3 Å². The van der Waals surface area contributed by atoms with Gasteiger partial charge in [0.25, 0.3) is 5.91 Å². The number of piperazine rings is 1. The summed E-state index contributed by atoms with van der Waals surface area (Å²) in [6, 6.07) is 16.1. The molecule has 1 heterocycles. The largest absolute Gasteiger partial charge is 0.336 e. The van der Waals surface area contributed by atoms with E-state index >= 15 is 0 Å². The number of carbonyl (C=O) groups excluding carboxylic acids is 1. The molecule has 0 unspecified atom stereocenters. The van der Waals surface area contributed by atoms with Crippen molar-refractivity contribution in [3.8, 4) is 12.3 Å². The van der Waals surface area contributed by atoms with E-state index in [2.05, 4.69) is 39.8 Å². The second-order valence-corrected chi connectivity index (χ2v) is 8.73. The van der Waals surface area contributed by atoms with Crippen molar-refractivity contribution in [3.63, 3.8) is 0 Å². The molecule has 0 bridgehead atoms. The standard InChI is InChI=1S/C23H25N3O3S/c1-2-14-24-30(28,29)22-12-10-21(11-13-22)23(27)26-18-16-25(17-19-26)15-6-9-20-7-4-3-5-8-20/h1,3-13,24H,14-19H2/b9-6+. The molecule has 6 nitrogen and oxygen atoms in total. The van der Waals surface area contributed by atoms with Crippen LogP contribution in [0.5, 0.6) is 0 Å². The summed E-state index contributed by atoms with van der Waals surface area (Å²) in [5, 5.41) is 0. The summed E-state index contributed by atoms with van der Waals surface area (Å²) in [5.41, 5.74) is 1.65. The molecule has 1 aliphatic rings. The predicted molar refractivity (Wildman–Crippen MR) is 118 cm³/mol. The fourth-order valence-electron chi connectivity index (χ4n) is 3.21. The summed E-state index contributed by atoms with van der Waals surface area (Å²) >= 11 is 0. The number of hydrogen-bond donors (Lipinski definition) is 1. The number of amides is 1. The monoisotopic (exact) mass is 423 g/mol. The number of nitrogens with zero attached hydrogens (tertiary/aromatic N) is 2.